The van der Waals surface area contributed by atoms with Crippen molar-refractivity contribution in [1.29, 1.82) is 0 Å². The van der Waals surface area contributed by atoms with Crippen LogP contribution in [-0.4, -0.2) is 69.4 Å². The van der Waals surface area contributed by atoms with Gasteiger partial charge in [0.1, 0.15) is 0 Å². The molecule has 0 aromatic heterocycles. The van der Waals surface area contributed by atoms with Crippen molar-refractivity contribution in [2.45, 2.75) is 12.5 Å². The summed E-state index contributed by atoms with van der Waals surface area (Å²) in [6.45, 7) is 1.10. The molecule has 0 aliphatic heterocycles. The average molecular weight is 214 g/mol. The molecule has 0 saturated heterocycles. The van der Waals surface area contributed by atoms with Gasteiger partial charge in [-0.05, 0) is 40.2 Å². The fourth-order valence-corrected chi connectivity index (χ4v) is 1.72. The topological polar surface area (TPSA) is 6.48 Å². The summed E-state index contributed by atoms with van der Waals surface area (Å²) in [7, 11) is 8.55. The van der Waals surface area contributed by atoms with Gasteiger partial charge in [0, 0.05) is 12.6 Å². The van der Waals surface area contributed by atoms with E-state index in [1.807, 2.05) is 0 Å². The molecule has 0 spiro atoms. The summed E-state index contributed by atoms with van der Waals surface area (Å²) in [4.78, 5) is 4.54. The van der Waals surface area contributed by atoms with Gasteiger partial charge in [0.25, 0.3) is 0 Å². The second-order valence-corrected chi connectivity index (χ2v) is 4.57. The summed E-state index contributed by atoms with van der Waals surface area (Å²) in [5, 5.41) is 0. The molecule has 1 rings (SSSR count). The molecule has 0 heterocycles. The standard InChI is InChI=1S/C13H22N2.Li.H/c1-14(2)11-13(15(3)4)10-12-8-6-5-7-9-12;;/h5-9,13H,10-11H2,1-4H3;;. The van der Waals surface area contributed by atoms with Gasteiger partial charge in [0.05, 0.1) is 0 Å². The molecule has 1 unspecified atom stereocenters. The number of hydrogen-bond acceptors (Lipinski definition) is 2. The van der Waals surface area contributed by atoms with E-state index in [0.29, 0.717) is 6.04 Å². The Morgan fingerprint density at radius 2 is 1.56 bits per heavy atom. The summed E-state index contributed by atoms with van der Waals surface area (Å²) in [6, 6.07) is 11.3. The Kier molecular flexibility index (Phi) is 7.79. The van der Waals surface area contributed by atoms with Gasteiger partial charge >= 0.3 is 18.9 Å². The molecule has 0 aliphatic carbocycles. The summed E-state index contributed by atoms with van der Waals surface area (Å²) in [5.74, 6) is 0. The van der Waals surface area contributed by atoms with Crippen molar-refractivity contribution in [3.63, 3.8) is 0 Å². The van der Waals surface area contributed by atoms with Crippen molar-refractivity contribution >= 4 is 18.9 Å². The minimum atomic E-state index is 0. The van der Waals surface area contributed by atoms with Gasteiger partial charge in [0.15, 0.2) is 0 Å². The van der Waals surface area contributed by atoms with E-state index in [9.17, 15) is 0 Å². The van der Waals surface area contributed by atoms with Gasteiger partial charge in [-0.15, -0.1) is 0 Å². The van der Waals surface area contributed by atoms with E-state index in [0.717, 1.165) is 13.0 Å². The van der Waals surface area contributed by atoms with Crippen LogP contribution in [-0.2, 0) is 6.42 Å². The van der Waals surface area contributed by atoms with Gasteiger partial charge in [-0.1, -0.05) is 30.3 Å². The Hall–Kier alpha value is -0.263. The summed E-state index contributed by atoms with van der Waals surface area (Å²) in [6.07, 6.45) is 1.12. The Balaban J connectivity index is 0.00000225. The normalized spacial score (nSPS) is 12.6. The molecule has 1 aromatic rings. The van der Waals surface area contributed by atoms with E-state index in [1.165, 1.54) is 5.56 Å². The van der Waals surface area contributed by atoms with Crippen LogP contribution in [0.2, 0.25) is 0 Å². The van der Waals surface area contributed by atoms with E-state index in [4.69, 9.17) is 0 Å². The Labute approximate surface area is 112 Å². The SMILES string of the molecule is CN(C)CC(Cc1ccccc1)N(C)C.[LiH]. The number of hydrogen-bond donors (Lipinski definition) is 0. The Morgan fingerprint density at radius 3 is 2.00 bits per heavy atom. The zero-order valence-corrected chi connectivity index (χ0v) is 10.3. The maximum atomic E-state index is 2.30. The van der Waals surface area contributed by atoms with Gasteiger partial charge < -0.3 is 9.80 Å². The molecule has 2 nitrogen and oxygen atoms in total. The first-order valence-electron chi connectivity index (χ1n) is 5.44. The Bertz CT molecular complexity index is 273. The van der Waals surface area contributed by atoms with Crippen molar-refractivity contribution in [3.05, 3.63) is 35.9 Å². The number of rotatable bonds is 5. The molecule has 0 radical (unpaired) electrons. The second kappa shape index (κ2) is 7.92. The van der Waals surface area contributed by atoms with Crippen LogP contribution in [0.25, 0.3) is 0 Å². The van der Waals surface area contributed by atoms with E-state index in [1.54, 1.807) is 0 Å². The van der Waals surface area contributed by atoms with E-state index in [2.05, 4.69) is 68.3 Å². The molecule has 3 heteroatoms. The van der Waals surface area contributed by atoms with Crippen molar-refractivity contribution in [2.75, 3.05) is 34.7 Å². The van der Waals surface area contributed by atoms with Gasteiger partial charge in [0.2, 0.25) is 0 Å². The van der Waals surface area contributed by atoms with Crippen LogP contribution in [0.3, 0.4) is 0 Å². The quantitative estimate of drug-likeness (QED) is 0.677. The van der Waals surface area contributed by atoms with E-state index < -0.39 is 0 Å². The summed E-state index contributed by atoms with van der Waals surface area (Å²) in [5.41, 5.74) is 1.41. The summed E-state index contributed by atoms with van der Waals surface area (Å²) < 4.78 is 0. The predicted octanol–water partition coefficient (Wildman–Crippen LogP) is 1.07. The first kappa shape index (κ1) is 15.7. The predicted molar refractivity (Wildman–Crippen MR) is 73.3 cm³/mol. The number of benzene rings is 1. The molecule has 1 atom stereocenters. The van der Waals surface area contributed by atoms with Crippen molar-refractivity contribution in [3.8, 4) is 0 Å². The van der Waals surface area contributed by atoms with Crippen LogP contribution in [0, 0.1) is 0 Å². The van der Waals surface area contributed by atoms with E-state index >= 15 is 0 Å². The molecule has 0 bridgehead atoms. The molecule has 0 amide bonds. The van der Waals surface area contributed by atoms with Gasteiger partial charge in [-0.3, -0.25) is 0 Å². The molecule has 0 aliphatic rings. The fraction of sp³-hybridized carbons (Fsp3) is 0.538. The number of likely N-dealkylation sites (N-methyl/N-ethyl adjacent to an activating group) is 2. The average Bonchev–Trinajstić information content (AvgIpc) is 2.17. The first-order chi connectivity index (χ1) is 7.09. The van der Waals surface area contributed by atoms with Gasteiger partial charge in [-0.25, -0.2) is 0 Å². The van der Waals surface area contributed by atoms with E-state index in [-0.39, 0.29) is 18.9 Å². The molecular weight excluding hydrogens is 191 g/mol. The van der Waals surface area contributed by atoms with Gasteiger partial charge in [-0.2, -0.15) is 0 Å². The van der Waals surface area contributed by atoms with Crippen molar-refractivity contribution < 1.29 is 0 Å². The third-order valence-corrected chi connectivity index (χ3v) is 2.62. The van der Waals surface area contributed by atoms with Crippen molar-refractivity contribution in [2.24, 2.45) is 0 Å². The van der Waals surface area contributed by atoms with Crippen LogP contribution in [0.15, 0.2) is 30.3 Å². The Morgan fingerprint density at radius 1 is 1.00 bits per heavy atom. The maximum absolute atomic E-state index is 2.30. The second-order valence-electron chi connectivity index (χ2n) is 4.57. The van der Waals surface area contributed by atoms with Crippen molar-refractivity contribution in [1.82, 2.24) is 9.80 Å². The molecule has 0 saturated carbocycles. The van der Waals surface area contributed by atoms with Crippen LogP contribution in [0.5, 0.6) is 0 Å². The third-order valence-electron chi connectivity index (χ3n) is 2.62. The number of nitrogens with zero attached hydrogens (tertiary/aromatic N) is 2. The molecular formula is C13H23LiN2. The molecule has 0 fully saturated rings. The van der Waals surface area contributed by atoms with Crippen LogP contribution < -0.4 is 0 Å². The fourth-order valence-electron chi connectivity index (χ4n) is 1.72. The zero-order valence-electron chi connectivity index (χ0n) is 10.3. The molecule has 0 N–H and O–H groups in total. The molecule has 1 aromatic carbocycles. The molecule has 16 heavy (non-hydrogen) atoms. The monoisotopic (exact) mass is 214 g/mol. The minimum absolute atomic E-state index is 0. The van der Waals surface area contributed by atoms with Crippen LogP contribution in [0.1, 0.15) is 5.56 Å². The summed E-state index contributed by atoms with van der Waals surface area (Å²) >= 11 is 0. The first-order valence-corrected chi connectivity index (χ1v) is 5.44. The zero-order chi connectivity index (χ0) is 11.3. The van der Waals surface area contributed by atoms with Crippen LogP contribution in [0.4, 0.5) is 0 Å². The molecule has 86 valence electrons. The van der Waals surface area contributed by atoms with Crippen LogP contribution >= 0.6 is 0 Å². The third kappa shape index (κ3) is 5.72.